The smallest absolute Gasteiger partial charge is 0.178 e. The number of hydrogen-bond acceptors (Lipinski definition) is 4. The van der Waals surface area contributed by atoms with Crippen LogP contribution in [0.15, 0.2) is 23.8 Å². The summed E-state index contributed by atoms with van der Waals surface area (Å²) in [5.74, 6) is 0.886. The molecule has 142 valence electrons. The molecule has 0 amide bonds. The van der Waals surface area contributed by atoms with E-state index in [4.69, 9.17) is 0 Å². The van der Waals surface area contributed by atoms with E-state index in [2.05, 4.69) is 20.8 Å². The summed E-state index contributed by atoms with van der Waals surface area (Å²) in [5, 5.41) is 20.7. The maximum Gasteiger partial charge on any atom is 0.178 e. The van der Waals surface area contributed by atoms with Crippen molar-refractivity contribution in [3.63, 3.8) is 0 Å². The summed E-state index contributed by atoms with van der Waals surface area (Å²) in [6.45, 7) is 6.04. The van der Waals surface area contributed by atoms with Crippen LogP contribution in [-0.2, 0) is 9.59 Å². The first-order valence-corrected chi connectivity index (χ1v) is 9.98. The number of fused-ring (bicyclic) bond motifs is 5. The van der Waals surface area contributed by atoms with E-state index in [1.54, 1.807) is 12.2 Å². The molecule has 2 N–H and O–H groups in total. The first kappa shape index (κ1) is 18.1. The van der Waals surface area contributed by atoms with Crippen LogP contribution in [0.4, 0.5) is 0 Å². The SMILES string of the molecule is C[C@H]1CC2C3CCC4=CC(=O)C=CC4(C)C3C(O)CC2(C)C1C(=O)CO. The lowest BCUT2D eigenvalue weighted by Crippen LogP contribution is -2.56. The molecule has 0 saturated heterocycles. The molecule has 0 heterocycles. The summed E-state index contributed by atoms with van der Waals surface area (Å²) in [7, 11) is 0. The number of carbonyl (C=O) groups excluding carboxylic acids is 2. The van der Waals surface area contributed by atoms with Crippen molar-refractivity contribution in [1.82, 2.24) is 0 Å². The molecular formula is C22H30O4. The molecule has 7 unspecified atom stereocenters. The number of hydrogen-bond donors (Lipinski definition) is 2. The third kappa shape index (κ3) is 2.27. The third-order valence-electron chi connectivity index (χ3n) is 8.34. The summed E-state index contributed by atoms with van der Waals surface area (Å²) < 4.78 is 0. The minimum Gasteiger partial charge on any atom is -0.393 e. The number of carbonyl (C=O) groups is 2. The van der Waals surface area contributed by atoms with Crippen LogP contribution in [0.25, 0.3) is 0 Å². The highest BCUT2D eigenvalue weighted by atomic mass is 16.3. The van der Waals surface area contributed by atoms with Crippen molar-refractivity contribution < 1.29 is 19.8 Å². The molecule has 3 saturated carbocycles. The van der Waals surface area contributed by atoms with E-state index in [0.717, 1.165) is 24.8 Å². The van der Waals surface area contributed by atoms with Gasteiger partial charge in [-0.25, -0.2) is 0 Å². The molecule has 0 bridgehead atoms. The molecule has 0 aliphatic heterocycles. The second-order valence-electron chi connectivity index (χ2n) is 9.62. The molecule has 0 spiro atoms. The largest absolute Gasteiger partial charge is 0.393 e. The molecule has 4 aliphatic rings. The van der Waals surface area contributed by atoms with Gasteiger partial charge in [0, 0.05) is 17.3 Å². The first-order valence-electron chi connectivity index (χ1n) is 9.98. The lowest BCUT2D eigenvalue weighted by molar-refractivity contribution is -0.142. The zero-order valence-corrected chi connectivity index (χ0v) is 15.9. The Morgan fingerprint density at radius 2 is 2.08 bits per heavy atom. The predicted octanol–water partition coefficient (Wildman–Crippen LogP) is 2.69. The van der Waals surface area contributed by atoms with Gasteiger partial charge in [-0.2, -0.15) is 0 Å². The second-order valence-corrected chi connectivity index (χ2v) is 9.62. The predicted molar refractivity (Wildman–Crippen MR) is 98.1 cm³/mol. The van der Waals surface area contributed by atoms with Gasteiger partial charge in [-0.1, -0.05) is 32.4 Å². The van der Waals surface area contributed by atoms with E-state index in [1.165, 1.54) is 0 Å². The highest BCUT2D eigenvalue weighted by molar-refractivity contribution is 6.01. The van der Waals surface area contributed by atoms with Gasteiger partial charge in [0.15, 0.2) is 11.6 Å². The van der Waals surface area contributed by atoms with Crippen LogP contribution in [0.3, 0.4) is 0 Å². The van der Waals surface area contributed by atoms with Gasteiger partial charge in [0.1, 0.15) is 6.61 Å². The summed E-state index contributed by atoms with van der Waals surface area (Å²) in [5.41, 5.74) is 0.647. The maximum atomic E-state index is 12.5. The zero-order valence-electron chi connectivity index (χ0n) is 15.9. The molecule has 8 atom stereocenters. The van der Waals surface area contributed by atoms with Crippen molar-refractivity contribution in [3.8, 4) is 0 Å². The van der Waals surface area contributed by atoms with Crippen LogP contribution in [-0.4, -0.2) is 34.5 Å². The first-order chi connectivity index (χ1) is 12.2. The average Bonchev–Trinajstić information content (AvgIpc) is 2.84. The van der Waals surface area contributed by atoms with Crippen LogP contribution in [0.1, 0.15) is 46.5 Å². The Labute approximate surface area is 155 Å². The van der Waals surface area contributed by atoms with Gasteiger partial charge in [0.25, 0.3) is 0 Å². The van der Waals surface area contributed by atoms with Crippen molar-refractivity contribution in [2.45, 2.75) is 52.6 Å². The summed E-state index contributed by atoms with van der Waals surface area (Å²) in [6, 6.07) is 0. The van der Waals surface area contributed by atoms with Gasteiger partial charge >= 0.3 is 0 Å². The monoisotopic (exact) mass is 358 g/mol. The number of allylic oxidation sites excluding steroid dienone is 4. The van der Waals surface area contributed by atoms with E-state index >= 15 is 0 Å². The molecule has 26 heavy (non-hydrogen) atoms. The van der Waals surface area contributed by atoms with Gasteiger partial charge in [-0.3, -0.25) is 9.59 Å². The Morgan fingerprint density at radius 1 is 1.35 bits per heavy atom. The molecule has 4 aliphatic carbocycles. The van der Waals surface area contributed by atoms with E-state index in [1.807, 2.05) is 6.08 Å². The van der Waals surface area contributed by atoms with Gasteiger partial charge in [-0.05, 0) is 61.0 Å². The molecule has 0 radical (unpaired) electrons. The number of rotatable bonds is 2. The number of aliphatic hydroxyl groups is 2. The highest BCUT2D eigenvalue weighted by Gasteiger charge is 2.64. The van der Waals surface area contributed by atoms with Crippen molar-refractivity contribution in [2.75, 3.05) is 6.61 Å². The highest BCUT2D eigenvalue weighted by Crippen LogP contribution is 2.67. The van der Waals surface area contributed by atoms with Gasteiger partial charge in [-0.15, -0.1) is 0 Å². The average molecular weight is 358 g/mol. The Kier molecular flexibility index (Phi) is 4.09. The van der Waals surface area contributed by atoms with Crippen LogP contribution in [0.2, 0.25) is 0 Å². The normalized spacial score (nSPS) is 49.9. The van der Waals surface area contributed by atoms with Crippen LogP contribution in [0.5, 0.6) is 0 Å². The van der Waals surface area contributed by atoms with Crippen molar-refractivity contribution in [2.24, 2.45) is 40.4 Å². The van der Waals surface area contributed by atoms with Crippen LogP contribution >= 0.6 is 0 Å². The fourth-order valence-corrected chi connectivity index (χ4v) is 7.48. The molecule has 0 aromatic carbocycles. The molecular weight excluding hydrogens is 328 g/mol. The molecule has 0 aromatic rings. The topological polar surface area (TPSA) is 74.6 Å². The van der Waals surface area contributed by atoms with Gasteiger partial charge in [0.05, 0.1) is 6.10 Å². The minimum atomic E-state index is -0.493. The van der Waals surface area contributed by atoms with Crippen molar-refractivity contribution >= 4 is 11.6 Å². The van der Waals surface area contributed by atoms with E-state index in [0.29, 0.717) is 18.3 Å². The Bertz CT molecular complexity index is 707. The Morgan fingerprint density at radius 3 is 2.77 bits per heavy atom. The number of Topliss-reactive ketones (excluding diaryl/α,β-unsaturated/α-hetero) is 1. The zero-order chi connectivity index (χ0) is 18.9. The van der Waals surface area contributed by atoms with E-state index in [-0.39, 0.29) is 40.2 Å². The third-order valence-corrected chi connectivity index (χ3v) is 8.34. The van der Waals surface area contributed by atoms with Crippen molar-refractivity contribution in [1.29, 1.82) is 0 Å². The quantitative estimate of drug-likeness (QED) is 0.796. The summed E-state index contributed by atoms with van der Waals surface area (Å²) in [4.78, 5) is 24.3. The Hall–Kier alpha value is -1.26. The number of ketones is 2. The molecule has 4 nitrogen and oxygen atoms in total. The number of aliphatic hydroxyl groups excluding tert-OH is 2. The Balaban J connectivity index is 1.74. The minimum absolute atomic E-state index is 0.0501. The lowest BCUT2D eigenvalue weighted by atomic mass is 9.46. The maximum absolute atomic E-state index is 12.5. The molecule has 4 heteroatoms. The summed E-state index contributed by atoms with van der Waals surface area (Å²) in [6.07, 6.45) is 8.39. The molecule has 3 fully saturated rings. The van der Waals surface area contributed by atoms with Crippen LogP contribution in [0, 0.1) is 40.4 Å². The van der Waals surface area contributed by atoms with Crippen molar-refractivity contribution in [3.05, 3.63) is 23.8 Å². The summed E-state index contributed by atoms with van der Waals surface area (Å²) >= 11 is 0. The fourth-order valence-electron chi connectivity index (χ4n) is 7.48. The molecule has 0 aromatic heterocycles. The molecule has 4 rings (SSSR count). The van der Waals surface area contributed by atoms with E-state index < -0.39 is 12.7 Å². The second kappa shape index (κ2) is 5.87. The fraction of sp³-hybridized carbons (Fsp3) is 0.727. The standard InChI is InChI=1S/C22H30O4/c1-12-8-16-15-5-4-13-9-14(24)6-7-21(13,2)20(15)17(25)10-22(16,3)19(12)18(26)11-23/h6-7,9,12,15-17,19-20,23,25H,4-5,8,10-11H2,1-3H3/t12-,15?,16?,17?,19?,20?,21?,22?/m0/s1. The van der Waals surface area contributed by atoms with Gasteiger partial charge in [0.2, 0.25) is 0 Å². The van der Waals surface area contributed by atoms with Crippen LogP contribution < -0.4 is 0 Å². The van der Waals surface area contributed by atoms with Gasteiger partial charge < -0.3 is 10.2 Å². The lowest BCUT2D eigenvalue weighted by Gasteiger charge is -2.58. The van der Waals surface area contributed by atoms with E-state index in [9.17, 15) is 19.8 Å².